The van der Waals surface area contributed by atoms with E-state index in [4.69, 9.17) is 34.8 Å². The van der Waals surface area contributed by atoms with Gasteiger partial charge in [0.2, 0.25) is 0 Å². The standard InChI is InChI=1S/C10H6Cl3N/c1-5-7-3-2-6(11)4-8(7)10(13)14-9(5)12/h2-4H,1H3. The lowest BCUT2D eigenvalue weighted by Crippen LogP contribution is -1.86. The van der Waals surface area contributed by atoms with Crippen molar-refractivity contribution in [2.45, 2.75) is 6.92 Å². The highest BCUT2D eigenvalue weighted by Crippen LogP contribution is 2.30. The molecule has 0 aliphatic heterocycles. The minimum atomic E-state index is 0.387. The van der Waals surface area contributed by atoms with E-state index in [9.17, 15) is 0 Å². The zero-order valence-corrected chi connectivity index (χ0v) is 9.58. The van der Waals surface area contributed by atoms with Crippen LogP contribution >= 0.6 is 34.8 Å². The van der Waals surface area contributed by atoms with Gasteiger partial charge in [-0.3, -0.25) is 0 Å². The molecule has 1 nitrogen and oxygen atoms in total. The lowest BCUT2D eigenvalue weighted by atomic mass is 10.1. The Balaban J connectivity index is 2.94. The average molecular weight is 247 g/mol. The molecule has 0 bridgehead atoms. The minimum absolute atomic E-state index is 0.387. The zero-order valence-electron chi connectivity index (χ0n) is 7.31. The van der Waals surface area contributed by atoms with Crippen molar-refractivity contribution in [1.82, 2.24) is 4.98 Å². The first-order valence-corrected chi connectivity index (χ1v) is 5.14. The Hall–Kier alpha value is -0.500. The van der Waals surface area contributed by atoms with Gasteiger partial charge in [-0.2, -0.15) is 0 Å². The van der Waals surface area contributed by atoms with Gasteiger partial charge in [-0.25, -0.2) is 4.98 Å². The molecule has 0 unspecified atom stereocenters. The Labute approximate surface area is 96.6 Å². The van der Waals surface area contributed by atoms with E-state index in [1.165, 1.54) is 0 Å². The Kier molecular flexibility index (Phi) is 2.56. The van der Waals surface area contributed by atoms with Gasteiger partial charge in [-0.15, -0.1) is 0 Å². The van der Waals surface area contributed by atoms with Crippen molar-refractivity contribution in [3.63, 3.8) is 0 Å². The van der Waals surface area contributed by atoms with Crippen molar-refractivity contribution in [1.29, 1.82) is 0 Å². The molecule has 0 fully saturated rings. The number of aryl methyl sites for hydroxylation is 1. The van der Waals surface area contributed by atoms with E-state index in [2.05, 4.69) is 4.98 Å². The van der Waals surface area contributed by atoms with Crippen LogP contribution in [-0.2, 0) is 0 Å². The summed E-state index contributed by atoms with van der Waals surface area (Å²) in [5.41, 5.74) is 0.919. The van der Waals surface area contributed by atoms with Crippen LogP contribution in [0.5, 0.6) is 0 Å². The smallest absolute Gasteiger partial charge is 0.138 e. The number of halogens is 3. The van der Waals surface area contributed by atoms with E-state index in [0.29, 0.717) is 15.3 Å². The van der Waals surface area contributed by atoms with Crippen LogP contribution in [0.25, 0.3) is 10.8 Å². The van der Waals surface area contributed by atoms with E-state index in [0.717, 1.165) is 16.3 Å². The quantitative estimate of drug-likeness (QED) is 0.624. The van der Waals surface area contributed by atoms with Crippen molar-refractivity contribution < 1.29 is 0 Å². The van der Waals surface area contributed by atoms with Crippen LogP contribution in [0, 0.1) is 6.92 Å². The van der Waals surface area contributed by atoms with Crippen molar-refractivity contribution in [3.8, 4) is 0 Å². The summed E-state index contributed by atoms with van der Waals surface area (Å²) in [5, 5.41) is 3.28. The Morgan fingerprint density at radius 2 is 1.71 bits per heavy atom. The highest BCUT2D eigenvalue weighted by Gasteiger charge is 2.08. The first-order valence-electron chi connectivity index (χ1n) is 4.00. The maximum absolute atomic E-state index is 5.95. The Bertz CT molecular complexity index is 508. The first-order chi connectivity index (χ1) is 6.59. The normalized spacial score (nSPS) is 10.9. The van der Waals surface area contributed by atoms with Gasteiger partial charge in [-0.1, -0.05) is 40.9 Å². The summed E-state index contributed by atoms with van der Waals surface area (Å²) in [4.78, 5) is 4.01. The summed E-state index contributed by atoms with van der Waals surface area (Å²) in [7, 11) is 0. The molecular weight excluding hydrogens is 240 g/mol. The van der Waals surface area contributed by atoms with Crippen molar-refractivity contribution in [3.05, 3.63) is 39.1 Å². The largest absolute Gasteiger partial charge is 0.223 e. The molecule has 0 aliphatic rings. The Morgan fingerprint density at radius 1 is 1.00 bits per heavy atom. The van der Waals surface area contributed by atoms with Crippen LogP contribution in [0.15, 0.2) is 18.2 Å². The highest BCUT2D eigenvalue weighted by atomic mass is 35.5. The lowest BCUT2D eigenvalue weighted by molar-refractivity contribution is 1.31. The molecule has 72 valence electrons. The molecule has 0 atom stereocenters. The predicted octanol–water partition coefficient (Wildman–Crippen LogP) is 4.50. The fourth-order valence-electron chi connectivity index (χ4n) is 1.36. The van der Waals surface area contributed by atoms with E-state index < -0.39 is 0 Å². The molecule has 2 aromatic rings. The molecule has 0 N–H and O–H groups in total. The number of benzene rings is 1. The fraction of sp³-hybridized carbons (Fsp3) is 0.100. The van der Waals surface area contributed by atoms with E-state index in [1.54, 1.807) is 6.07 Å². The number of pyridine rings is 1. The maximum atomic E-state index is 5.95. The van der Waals surface area contributed by atoms with E-state index >= 15 is 0 Å². The number of nitrogens with zero attached hydrogens (tertiary/aromatic N) is 1. The molecule has 0 radical (unpaired) electrons. The monoisotopic (exact) mass is 245 g/mol. The number of fused-ring (bicyclic) bond motifs is 1. The Morgan fingerprint density at radius 3 is 2.43 bits per heavy atom. The molecule has 4 heteroatoms. The molecule has 1 aromatic heterocycles. The predicted molar refractivity (Wildman–Crippen MR) is 61.5 cm³/mol. The summed E-state index contributed by atoms with van der Waals surface area (Å²) < 4.78 is 0. The molecule has 0 amide bonds. The SMILES string of the molecule is Cc1c(Cl)nc(Cl)c2cc(Cl)ccc12. The van der Waals surface area contributed by atoms with Gasteiger partial charge < -0.3 is 0 Å². The van der Waals surface area contributed by atoms with Gasteiger partial charge in [0.1, 0.15) is 10.3 Å². The summed E-state index contributed by atoms with van der Waals surface area (Å²) >= 11 is 17.7. The second-order valence-corrected chi connectivity index (χ2v) is 4.16. The third-order valence-corrected chi connectivity index (χ3v) is 3.00. The molecule has 0 saturated heterocycles. The molecule has 0 aliphatic carbocycles. The van der Waals surface area contributed by atoms with Crippen molar-refractivity contribution in [2.24, 2.45) is 0 Å². The second-order valence-electron chi connectivity index (χ2n) is 3.01. The third kappa shape index (κ3) is 1.56. The highest BCUT2D eigenvalue weighted by molar-refractivity contribution is 6.38. The molecular formula is C10H6Cl3N. The maximum Gasteiger partial charge on any atom is 0.138 e. The minimum Gasteiger partial charge on any atom is -0.223 e. The first kappa shape index (κ1) is 10.0. The molecule has 1 aromatic carbocycles. The van der Waals surface area contributed by atoms with Crippen LogP contribution < -0.4 is 0 Å². The van der Waals surface area contributed by atoms with Gasteiger partial charge in [0.25, 0.3) is 0 Å². The van der Waals surface area contributed by atoms with Gasteiger partial charge in [-0.05, 0) is 30.0 Å². The summed E-state index contributed by atoms with van der Waals surface area (Å²) in [6, 6.07) is 5.49. The van der Waals surface area contributed by atoms with E-state index in [1.807, 2.05) is 19.1 Å². The fourth-order valence-corrected chi connectivity index (χ4v) is 2.00. The number of hydrogen-bond acceptors (Lipinski definition) is 1. The second kappa shape index (κ2) is 3.58. The van der Waals surface area contributed by atoms with Crippen LogP contribution in [0.1, 0.15) is 5.56 Å². The van der Waals surface area contributed by atoms with Gasteiger partial charge in [0.05, 0.1) is 0 Å². The van der Waals surface area contributed by atoms with Crippen molar-refractivity contribution >= 4 is 45.6 Å². The lowest BCUT2D eigenvalue weighted by Gasteiger charge is -2.05. The third-order valence-electron chi connectivity index (χ3n) is 2.11. The molecule has 0 saturated carbocycles. The van der Waals surface area contributed by atoms with Crippen LogP contribution in [0.2, 0.25) is 15.3 Å². The van der Waals surface area contributed by atoms with Crippen LogP contribution in [0.3, 0.4) is 0 Å². The topological polar surface area (TPSA) is 12.9 Å². The van der Waals surface area contributed by atoms with E-state index in [-0.39, 0.29) is 0 Å². The molecule has 1 heterocycles. The zero-order chi connectivity index (χ0) is 10.3. The van der Waals surface area contributed by atoms with Crippen LogP contribution in [0.4, 0.5) is 0 Å². The van der Waals surface area contributed by atoms with Crippen molar-refractivity contribution in [2.75, 3.05) is 0 Å². The summed E-state index contributed by atoms with van der Waals surface area (Å²) in [6.07, 6.45) is 0. The summed E-state index contributed by atoms with van der Waals surface area (Å²) in [5.74, 6) is 0. The van der Waals surface area contributed by atoms with Gasteiger partial charge >= 0.3 is 0 Å². The van der Waals surface area contributed by atoms with Gasteiger partial charge in [0, 0.05) is 10.4 Å². The number of aromatic nitrogens is 1. The van der Waals surface area contributed by atoms with Gasteiger partial charge in [0.15, 0.2) is 0 Å². The molecule has 2 rings (SSSR count). The molecule has 0 spiro atoms. The number of rotatable bonds is 0. The molecule has 14 heavy (non-hydrogen) atoms. The summed E-state index contributed by atoms with van der Waals surface area (Å²) in [6.45, 7) is 1.90. The average Bonchev–Trinajstić information content (AvgIpc) is 2.14. The van der Waals surface area contributed by atoms with Crippen LogP contribution in [-0.4, -0.2) is 4.98 Å². The number of hydrogen-bond donors (Lipinski definition) is 0.